The van der Waals surface area contributed by atoms with Gasteiger partial charge in [0.25, 0.3) is 0 Å². The van der Waals surface area contributed by atoms with E-state index in [9.17, 15) is 23.7 Å². The second-order valence-electron chi connectivity index (χ2n) is 6.02. The molecule has 0 bridgehead atoms. The first kappa shape index (κ1) is 26.4. The SMILES string of the molecule is O=P(O)(O)OP(=O)(O)OP(=O)(O)OC[C@H]1O[C@@H](n2cnc3c(Cl)ncnc32)C(Cl)(Cl)[C@@H]1O. The van der Waals surface area contributed by atoms with Crippen LogP contribution in [0.2, 0.25) is 5.15 Å². The van der Waals surface area contributed by atoms with Crippen LogP contribution in [-0.4, -0.2) is 67.3 Å². The molecule has 2 unspecified atom stereocenters. The van der Waals surface area contributed by atoms with E-state index in [2.05, 4.69) is 28.1 Å². The molecule has 2 aromatic heterocycles. The summed E-state index contributed by atoms with van der Waals surface area (Å²) < 4.78 is 50.1. The summed E-state index contributed by atoms with van der Waals surface area (Å²) in [6.07, 6.45) is -2.32. The van der Waals surface area contributed by atoms with Crippen LogP contribution in [0.4, 0.5) is 0 Å². The monoisotopic (exact) mass is 578 g/mol. The van der Waals surface area contributed by atoms with E-state index >= 15 is 0 Å². The van der Waals surface area contributed by atoms with Crippen molar-refractivity contribution in [3.8, 4) is 0 Å². The van der Waals surface area contributed by atoms with Gasteiger partial charge in [-0.2, -0.15) is 8.62 Å². The standard InChI is InChI=1S/C10H12Cl3N4O12P3/c11-7-5-8(15-2-14-7)17(3-16-5)9-10(12,13)6(18)4(27-9)1-26-31(22,23)29-32(24,25)28-30(19,20)21/h2-4,6,9,18H,1H2,(H,22,23)(H,24,25)(H2,19,20,21)/t4-,6-,9-/m1/s1. The van der Waals surface area contributed by atoms with Crippen molar-refractivity contribution in [1.29, 1.82) is 0 Å². The number of hydrogen-bond acceptors (Lipinski definition) is 11. The molecule has 1 fully saturated rings. The molecular formula is C10H12Cl3N4O12P3. The zero-order valence-electron chi connectivity index (χ0n) is 15.0. The summed E-state index contributed by atoms with van der Waals surface area (Å²) in [4.78, 5) is 47.4. The summed E-state index contributed by atoms with van der Waals surface area (Å²) >= 11 is 18.3. The zero-order chi connectivity index (χ0) is 24.1. The van der Waals surface area contributed by atoms with E-state index in [0.29, 0.717) is 0 Å². The molecule has 22 heteroatoms. The number of phosphoric acid groups is 3. The minimum absolute atomic E-state index is 0.00579. The molecule has 0 aliphatic carbocycles. The maximum Gasteiger partial charge on any atom is 0.490 e. The van der Waals surface area contributed by atoms with Crippen molar-refractivity contribution in [2.24, 2.45) is 0 Å². The first-order chi connectivity index (χ1) is 14.5. The molecule has 0 saturated carbocycles. The summed E-state index contributed by atoms with van der Waals surface area (Å²) in [6.45, 7) is -0.981. The Morgan fingerprint density at radius 2 is 1.75 bits per heavy atom. The van der Waals surface area contributed by atoms with E-state index in [-0.39, 0.29) is 16.3 Å². The molecule has 180 valence electrons. The zero-order valence-corrected chi connectivity index (χ0v) is 19.9. The average molecular weight is 580 g/mol. The summed E-state index contributed by atoms with van der Waals surface area (Å²) in [7, 11) is -16.7. The Morgan fingerprint density at radius 3 is 2.38 bits per heavy atom. The number of alkyl halides is 2. The lowest BCUT2D eigenvalue weighted by molar-refractivity contribution is -0.0425. The van der Waals surface area contributed by atoms with Gasteiger partial charge in [0.2, 0.25) is 0 Å². The fourth-order valence-electron chi connectivity index (χ4n) is 2.57. The minimum Gasteiger partial charge on any atom is -0.387 e. The molecule has 0 radical (unpaired) electrons. The van der Waals surface area contributed by atoms with Gasteiger partial charge in [0.05, 0.1) is 12.9 Å². The lowest BCUT2D eigenvalue weighted by Crippen LogP contribution is -2.37. The number of phosphoric ester groups is 1. The van der Waals surface area contributed by atoms with E-state index in [1.165, 1.54) is 10.9 Å². The highest BCUT2D eigenvalue weighted by Gasteiger charge is 2.56. The van der Waals surface area contributed by atoms with Crippen molar-refractivity contribution in [3.63, 3.8) is 0 Å². The molecule has 16 nitrogen and oxygen atoms in total. The van der Waals surface area contributed by atoms with Crippen LogP contribution in [0.1, 0.15) is 6.23 Å². The Labute approximate surface area is 192 Å². The number of aromatic nitrogens is 4. The molecule has 0 aromatic carbocycles. The van der Waals surface area contributed by atoms with E-state index < -0.39 is 52.8 Å². The Kier molecular flexibility index (Phi) is 7.48. The van der Waals surface area contributed by atoms with Gasteiger partial charge in [-0.3, -0.25) is 9.09 Å². The third-order valence-electron chi connectivity index (χ3n) is 3.76. The number of ether oxygens (including phenoxy) is 1. The van der Waals surface area contributed by atoms with Crippen molar-refractivity contribution in [3.05, 3.63) is 17.8 Å². The molecule has 1 saturated heterocycles. The summed E-state index contributed by atoms with van der Waals surface area (Å²) in [5.74, 6) is 0. The van der Waals surface area contributed by atoms with Crippen LogP contribution >= 0.6 is 58.3 Å². The van der Waals surface area contributed by atoms with Gasteiger partial charge in [0.1, 0.15) is 24.1 Å². The second kappa shape index (κ2) is 9.08. The molecule has 3 heterocycles. The molecule has 1 aliphatic heterocycles. The van der Waals surface area contributed by atoms with Crippen LogP contribution in [0, 0.1) is 0 Å². The third kappa shape index (κ3) is 5.87. The molecule has 32 heavy (non-hydrogen) atoms. The highest BCUT2D eigenvalue weighted by atomic mass is 35.5. The first-order valence-corrected chi connectivity index (χ1v) is 13.5. The van der Waals surface area contributed by atoms with Gasteiger partial charge in [-0.15, -0.1) is 0 Å². The minimum atomic E-state index is -5.72. The Bertz CT molecular complexity index is 1160. The first-order valence-electron chi connectivity index (χ1n) is 7.85. The fourth-order valence-corrected chi connectivity index (χ4v) is 6.37. The topological polar surface area (TPSA) is 233 Å². The number of aliphatic hydroxyl groups is 1. The molecule has 2 aromatic rings. The molecule has 0 spiro atoms. The largest absolute Gasteiger partial charge is 0.490 e. The number of imidazole rings is 1. The van der Waals surface area contributed by atoms with Gasteiger partial charge >= 0.3 is 23.5 Å². The summed E-state index contributed by atoms with van der Waals surface area (Å²) in [6, 6.07) is 0. The van der Waals surface area contributed by atoms with Crippen LogP contribution in [0.15, 0.2) is 12.7 Å². The van der Waals surface area contributed by atoms with Gasteiger partial charge in [-0.25, -0.2) is 28.6 Å². The van der Waals surface area contributed by atoms with E-state index in [0.717, 1.165) is 6.33 Å². The maximum absolute atomic E-state index is 11.9. The summed E-state index contributed by atoms with van der Waals surface area (Å²) in [5, 5.41) is 10.4. The van der Waals surface area contributed by atoms with Crippen molar-refractivity contribution in [2.45, 2.75) is 22.8 Å². The number of aliphatic hydroxyl groups excluding tert-OH is 1. The van der Waals surface area contributed by atoms with Gasteiger partial charge in [0, 0.05) is 0 Å². The van der Waals surface area contributed by atoms with Gasteiger partial charge in [-0.05, 0) is 0 Å². The Morgan fingerprint density at radius 1 is 1.09 bits per heavy atom. The van der Waals surface area contributed by atoms with Gasteiger partial charge in [0.15, 0.2) is 21.4 Å². The molecule has 3 rings (SSSR count). The van der Waals surface area contributed by atoms with Crippen LogP contribution in [0.3, 0.4) is 0 Å². The van der Waals surface area contributed by atoms with E-state index in [4.69, 9.17) is 54.2 Å². The van der Waals surface area contributed by atoms with Crippen LogP contribution < -0.4 is 0 Å². The molecule has 1 aliphatic rings. The highest BCUT2D eigenvalue weighted by molar-refractivity contribution is 7.66. The van der Waals surface area contributed by atoms with Gasteiger partial charge < -0.3 is 29.4 Å². The lowest BCUT2D eigenvalue weighted by Gasteiger charge is -2.23. The highest BCUT2D eigenvalue weighted by Crippen LogP contribution is 2.66. The average Bonchev–Trinajstić information content (AvgIpc) is 3.11. The van der Waals surface area contributed by atoms with E-state index in [1.54, 1.807) is 0 Å². The number of halogens is 3. The van der Waals surface area contributed by atoms with Crippen molar-refractivity contribution < 1.29 is 56.3 Å². The van der Waals surface area contributed by atoms with E-state index in [1.807, 2.05) is 0 Å². The van der Waals surface area contributed by atoms with Crippen molar-refractivity contribution in [2.75, 3.05) is 6.61 Å². The van der Waals surface area contributed by atoms with Crippen LogP contribution in [0.25, 0.3) is 11.2 Å². The quantitative estimate of drug-likeness (QED) is 0.168. The number of hydrogen-bond donors (Lipinski definition) is 5. The predicted octanol–water partition coefficient (Wildman–Crippen LogP) is 1.26. The molecule has 0 amide bonds. The predicted molar refractivity (Wildman–Crippen MR) is 105 cm³/mol. The fraction of sp³-hybridized carbons (Fsp3) is 0.500. The lowest BCUT2D eigenvalue weighted by atomic mass is 10.2. The van der Waals surface area contributed by atoms with Gasteiger partial charge in [-0.1, -0.05) is 34.8 Å². The molecule has 5 N–H and O–H groups in total. The normalized spacial score (nSPS) is 27.3. The van der Waals surface area contributed by atoms with Crippen molar-refractivity contribution in [1.82, 2.24) is 19.5 Å². The number of rotatable bonds is 8. The molecular weight excluding hydrogens is 567 g/mol. The Hall–Kier alpha value is -0.250. The number of fused-ring (bicyclic) bond motifs is 1. The smallest absolute Gasteiger partial charge is 0.387 e. The van der Waals surface area contributed by atoms with Crippen molar-refractivity contribution >= 4 is 69.4 Å². The van der Waals surface area contributed by atoms with Crippen LogP contribution in [0.5, 0.6) is 0 Å². The van der Waals surface area contributed by atoms with Crippen LogP contribution in [-0.2, 0) is 31.6 Å². The maximum atomic E-state index is 11.9. The second-order valence-corrected chi connectivity index (χ2v) is 12.2. The third-order valence-corrected chi connectivity index (χ3v) is 8.66. The molecule has 5 atom stereocenters. The summed E-state index contributed by atoms with van der Waals surface area (Å²) in [5.41, 5.74) is 0.287. The Balaban J connectivity index is 1.74. The number of nitrogens with zero attached hydrogens (tertiary/aromatic N) is 4.